The number of nitrogens with one attached hydrogen (secondary N) is 2. The summed E-state index contributed by atoms with van der Waals surface area (Å²) in [6.07, 6.45) is 5.90. The van der Waals surface area contributed by atoms with Crippen LogP contribution in [0.3, 0.4) is 0 Å². The second-order valence-electron chi connectivity index (χ2n) is 7.62. The van der Waals surface area contributed by atoms with Crippen LogP contribution >= 0.6 is 0 Å². The number of benzene rings is 3. The predicted octanol–water partition coefficient (Wildman–Crippen LogP) is 4.95. The Hall–Kier alpha value is -4.16. The highest BCUT2D eigenvalue weighted by Crippen LogP contribution is 2.27. The van der Waals surface area contributed by atoms with Crippen molar-refractivity contribution in [3.05, 3.63) is 96.2 Å². The number of H-pyrrole nitrogens is 1. The fraction of sp³-hybridized carbons (Fsp3) is 0.0769. The van der Waals surface area contributed by atoms with Gasteiger partial charge in [-0.15, -0.1) is 0 Å². The second kappa shape index (κ2) is 8.53. The lowest BCUT2D eigenvalue weighted by Gasteiger charge is -2.10. The van der Waals surface area contributed by atoms with Crippen LogP contribution < -0.4 is 5.48 Å². The number of carbonyl (C=O) groups is 1. The van der Waals surface area contributed by atoms with E-state index in [0.29, 0.717) is 0 Å². The Morgan fingerprint density at radius 1 is 1.06 bits per heavy atom. The summed E-state index contributed by atoms with van der Waals surface area (Å²) >= 11 is 0. The molecule has 5 rings (SSSR count). The Balaban J connectivity index is 1.52. The molecular formula is C26H22N4O2. The molecule has 2 heterocycles. The van der Waals surface area contributed by atoms with E-state index >= 15 is 0 Å². The van der Waals surface area contributed by atoms with Gasteiger partial charge in [0, 0.05) is 35.3 Å². The lowest BCUT2D eigenvalue weighted by Crippen LogP contribution is -2.14. The van der Waals surface area contributed by atoms with E-state index in [1.807, 2.05) is 48.5 Å². The number of para-hydroxylation sites is 3. The third-order valence-electron chi connectivity index (χ3n) is 5.62. The van der Waals surface area contributed by atoms with Gasteiger partial charge in [-0.25, -0.2) is 10.5 Å². The van der Waals surface area contributed by atoms with Crippen LogP contribution in [-0.2, 0) is 17.8 Å². The highest BCUT2D eigenvalue weighted by Gasteiger charge is 2.13. The van der Waals surface area contributed by atoms with E-state index in [0.717, 1.165) is 46.5 Å². The molecule has 1 amide bonds. The fourth-order valence-corrected chi connectivity index (χ4v) is 4.08. The van der Waals surface area contributed by atoms with Gasteiger partial charge >= 0.3 is 0 Å². The Morgan fingerprint density at radius 3 is 2.81 bits per heavy atom. The van der Waals surface area contributed by atoms with Crippen molar-refractivity contribution in [1.82, 2.24) is 20.0 Å². The van der Waals surface area contributed by atoms with Gasteiger partial charge in [0.2, 0.25) is 0 Å². The molecule has 0 bridgehead atoms. The van der Waals surface area contributed by atoms with Gasteiger partial charge in [0.1, 0.15) is 5.82 Å². The number of hydroxylamine groups is 1. The van der Waals surface area contributed by atoms with Crippen molar-refractivity contribution in [3.8, 4) is 11.4 Å². The first-order valence-corrected chi connectivity index (χ1v) is 10.5. The van der Waals surface area contributed by atoms with Crippen LogP contribution in [0.5, 0.6) is 0 Å². The third kappa shape index (κ3) is 3.79. The molecule has 0 saturated carbocycles. The number of aromatic nitrogens is 3. The summed E-state index contributed by atoms with van der Waals surface area (Å²) in [5.41, 5.74) is 7.87. The standard InChI is InChI=1S/C26H22N4O2/c31-25(29-32)13-12-18-6-5-7-19(16-18)26-28-23-10-3-4-11-24(23)30(26)15-14-20-17-27-22-9-2-1-8-21(20)22/h1-13,16-17,27,32H,14-15H2,(H,29,31). The van der Waals surface area contributed by atoms with Gasteiger partial charge in [-0.05, 0) is 47.9 Å². The molecule has 3 N–H and O–H groups in total. The molecule has 6 heteroatoms. The molecule has 0 saturated heterocycles. The monoisotopic (exact) mass is 422 g/mol. The van der Waals surface area contributed by atoms with Crippen LogP contribution in [0, 0.1) is 0 Å². The third-order valence-corrected chi connectivity index (χ3v) is 5.62. The molecule has 0 aliphatic heterocycles. The fourth-order valence-electron chi connectivity index (χ4n) is 4.08. The number of hydrogen-bond donors (Lipinski definition) is 3. The van der Waals surface area contributed by atoms with Crippen LogP contribution in [0.4, 0.5) is 0 Å². The van der Waals surface area contributed by atoms with Crippen molar-refractivity contribution >= 4 is 33.9 Å². The summed E-state index contributed by atoms with van der Waals surface area (Å²) in [6, 6.07) is 24.3. The average molecular weight is 422 g/mol. The Morgan fingerprint density at radius 2 is 1.91 bits per heavy atom. The number of imidazole rings is 1. The Labute approximate surface area is 184 Å². The van der Waals surface area contributed by atoms with Crippen LogP contribution in [0.2, 0.25) is 0 Å². The van der Waals surface area contributed by atoms with Crippen molar-refractivity contribution in [3.63, 3.8) is 0 Å². The van der Waals surface area contributed by atoms with Gasteiger partial charge < -0.3 is 9.55 Å². The summed E-state index contributed by atoms with van der Waals surface area (Å²) in [6.45, 7) is 0.782. The van der Waals surface area contributed by atoms with Crippen LogP contribution in [0.1, 0.15) is 11.1 Å². The molecule has 5 aromatic rings. The SMILES string of the molecule is O=C(C=Cc1cccc(-c2nc3ccccc3n2CCc2c[nH]c3ccccc23)c1)NO. The molecule has 0 atom stereocenters. The first-order chi connectivity index (χ1) is 15.7. The maximum Gasteiger partial charge on any atom is 0.267 e. The number of aromatic amines is 1. The average Bonchev–Trinajstić information content (AvgIpc) is 3.42. The lowest BCUT2D eigenvalue weighted by molar-refractivity contribution is -0.124. The van der Waals surface area contributed by atoms with Crippen molar-refractivity contribution in [2.45, 2.75) is 13.0 Å². The smallest absolute Gasteiger partial charge is 0.267 e. The minimum absolute atomic E-state index is 0.568. The van der Waals surface area contributed by atoms with Crippen molar-refractivity contribution < 1.29 is 10.0 Å². The van der Waals surface area contributed by atoms with E-state index in [4.69, 9.17) is 10.2 Å². The van der Waals surface area contributed by atoms with Crippen LogP contribution in [0.15, 0.2) is 85.1 Å². The molecule has 0 aliphatic carbocycles. The normalized spacial score (nSPS) is 11.5. The van der Waals surface area contributed by atoms with E-state index in [2.05, 4.69) is 40.0 Å². The number of aryl methyl sites for hydroxylation is 2. The quantitative estimate of drug-likeness (QED) is 0.206. The van der Waals surface area contributed by atoms with Crippen molar-refractivity contribution in [1.29, 1.82) is 0 Å². The molecular weight excluding hydrogens is 400 g/mol. The predicted molar refractivity (Wildman–Crippen MR) is 126 cm³/mol. The first-order valence-electron chi connectivity index (χ1n) is 10.5. The molecule has 32 heavy (non-hydrogen) atoms. The van der Waals surface area contributed by atoms with E-state index < -0.39 is 5.91 Å². The molecule has 0 unspecified atom stereocenters. The molecule has 0 spiro atoms. The topological polar surface area (TPSA) is 82.9 Å². The lowest BCUT2D eigenvalue weighted by atomic mass is 10.1. The summed E-state index contributed by atoms with van der Waals surface area (Å²) in [4.78, 5) is 19.6. The minimum atomic E-state index is -0.568. The largest absolute Gasteiger partial charge is 0.361 e. The summed E-state index contributed by atoms with van der Waals surface area (Å²) < 4.78 is 2.25. The van der Waals surface area contributed by atoms with Gasteiger partial charge in [0.15, 0.2) is 0 Å². The molecule has 0 radical (unpaired) electrons. The van der Waals surface area contributed by atoms with Gasteiger partial charge in [-0.2, -0.15) is 0 Å². The summed E-state index contributed by atoms with van der Waals surface area (Å²) in [5, 5.41) is 9.94. The van der Waals surface area contributed by atoms with Gasteiger partial charge in [0.05, 0.1) is 11.0 Å². The van der Waals surface area contributed by atoms with E-state index in [9.17, 15) is 4.79 Å². The second-order valence-corrected chi connectivity index (χ2v) is 7.62. The number of rotatable bonds is 6. The van der Waals surface area contributed by atoms with Gasteiger partial charge in [-0.1, -0.05) is 48.5 Å². The Kier molecular flexibility index (Phi) is 5.27. The van der Waals surface area contributed by atoms with Crippen LogP contribution in [-0.4, -0.2) is 25.6 Å². The highest BCUT2D eigenvalue weighted by molar-refractivity contribution is 5.91. The molecule has 0 aliphatic rings. The number of amides is 1. The zero-order chi connectivity index (χ0) is 21.9. The molecule has 2 aromatic heterocycles. The van der Waals surface area contributed by atoms with E-state index in [1.54, 1.807) is 11.6 Å². The number of fused-ring (bicyclic) bond motifs is 2. The highest BCUT2D eigenvalue weighted by atomic mass is 16.5. The van der Waals surface area contributed by atoms with Gasteiger partial charge in [-0.3, -0.25) is 10.0 Å². The summed E-state index contributed by atoms with van der Waals surface area (Å²) in [5.74, 6) is 0.314. The van der Waals surface area contributed by atoms with Crippen LogP contribution in [0.25, 0.3) is 39.4 Å². The van der Waals surface area contributed by atoms with Crippen molar-refractivity contribution in [2.75, 3.05) is 0 Å². The number of hydrogen-bond acceptors (Lipinski definition) is 3. The van der Waals surface area contributed by atoms with Crippen molar-refractivity contribution in [2.24, 2.45) is 0 Å². The number of carbonyl (C=O) groups excluding carboxylic acids is 1. The minimum Gasteiger partial charge on any atom is -0.361 e. The summed E-state index contributed by atoms with van der Waals surface area (Å²) in [7, 11) is 0. The Bertz CT molecular complexity index is 1440. The molecule has 158 valence electrons. The molecule has 6 nitrogen and oxygen atoms in total. The zero-order valence-corrected chi connectivity index (χ0v) is 17.3. The first kappa shape index (κ1) is 19.8. The zero-order valence-electron chi connectivity index (χ0n) is 17.3. The van der Waals surface area contributed by atoms with E-state index in [1.165, 1.54) is 17.0 Å². The molecule has 3 aromatic carbocycles. The molecule has 0 fully saturated rings. The van der Waals surface area contributed by atoms with Gasteiger partial charge in [0.25, 0.3) is 5.91 Å². The number of nitrogens with zero attached hydrogens (tertiary/aromatic N) is 2. The maximum absolute atomic E-state index is 11.3. The van der Waals surface area contributed by atoms with E-state index in [-0.39, 0.29) is 0 Å². The maximum atomic E-state index is 11.3.